The Labute approximate surface area is 168 Å². The highest BCUT2D eigenvalue weighted by Crippen LogP contribution is 2.30. The van der Waals surface area contributed by atoms with Gasteiger partial charge >= 0.3 is 6.61 Å². The molecule has 2 fully saturated rings. The Kier molecular flexibility index (Phi) is 7.82. The zero-order chi connectivity index (χ0) is 19.4. The largest absolute Gasteiger partial charge is 0.493 e. The number of hydrogen-bond acceptors (Lipinski definition) is 5. The molecule has 0 aromatic heterocycles. The Bertz CT molecular complexity index is 707. The van der Waals surface area contributed by atoms with E-state index in [2.05, 4.69) is 10.1 Å². The summed E-state index contributed by atoms with van der Waals surface area (Å²) in [6, 6.07) is 4.21. The maximum Gasteiger partial charge on any atom is 0.387 e. The summed E-state index contributed by atoms with van der Waals surface area (Å²) in [5, 5.41) is 3.04. The van der Waals surface area contributed by atoms with Gasteiger partial charge in [-0.25, -0.2) is 0 Å². The molecule has 0 aliphatic carbocycles. The van der Waals surface area contributed by atoms with Gasteiger partial charge in [0.2, 0.25) is 5.91 Å². The number of halogens is 3. The van der Waals surface area contributed by atoms with E-state index in [9.17, 15) is 18.4 Å². The Hall–Kier alpha value is -2.13. The summed E-state index contributed by atoms with van der Waals surface area (Å²) in [6.45, 7) is -0.336. The lowest BCUT2D eigenvalue weighted by Gasteiger charge is -2.41. The quantitative estimate of drug-likeness (QED) is 0.787. The average molecular weight is 420 g/mol. The number of carbonyl (C=O) groups is 2. The van der Waals surface area contributed by atoms with E-state index in [4.69, 9.17) is 4.74 Å². The molecule has 28 heavy (non-hydrogen) atoms. The number of nitrogens with zero attached hydrogens (tertiary/aromatic N) is 2. The molecule has 1 aromatic rings. The van der Waals surface area contributed by atoms with Crippen LogP contribution < -0.4 is 14.8 Å². The van der Waals surface area contributed by atoms with E-state index in [1.165, 1.54) is 25.3 Å². The predicted molar refractivity (Wildman–Crippen MR) is 100 cm³/mol. The third-order valence-electron chi connectivity index (χ3n) is 4.88. The first-order valence-electron chi connectivity index (χ1n) is 8.92. The van der Waals surface area contributed by atoms with Crippen molar-refractivity contribution in [3.05, 3.63) is 23.8 Å². The van der Waals surface area contributed by atoms with Gasteiger partial charge in [0.25, 0.3) is 5.91 Å². The van der Waals surface area contributed by atoms with Gasteiger partial charge in [0.1, 0.15) is 0 Å². The van der Waals surface area contributed by atoms with Gasteiger partial charge in [0.15, 0.2) is 11.5 Å². The van der Waals surface area contributed by atoms with Crippen LogP contribution >= 0.6 is 12.4 Å². The monoisotopic (exact) mass is 419 g/mol. The van der Waals surface area contributed by atoms with Gasteiger partial charge < -0.3 is 24.6 Å². The van der Waals surface area contributed by atoms with Crippen LogP contribution in [0.4, 0.5) is 8.78 Å². The van der Waals surface area contributed by atoms with Crippen LogP contribution in [0.3, 0.4) is 0 Å². The molecule has 0 bridgehead atoms. The summed E-state index contributed by atoms with van der Waals surface area (Å²) < 4.78 is 34.7. The first kappa shape index (κ1) is 22.2. The van der Waals surface area contributed by atoms with Crippen LogP contribution in [0, 0.1) is 0 Å². The minimum absolute atomic E-state index is 0. The van der Waals surface area contributed by atoms with Crippen molar-refractivity contribution < 1.29 is 27.8 Å². The Morgan fingerprint density at radius 1 is 1.29 bits per heavy atom. The number of benzene rings is 1. The van der Waals surface area contributed by atoms with Crippen LogP contribution in [0.15, 0.2) is 18.2 Å². The molecular formula is C18H24ClF2N3O4. The molecule has 2 heterocycles. The first-order valence-corrected chi connectivity index (χ1v) is 8.92. The maximum atomic E-state index is 12.9. The zero-order valence-corrected chi connectivity index (χ0v) is 16.3. The van der Waals surface area contributed by atoms with E-state index in [0.29, 0.717) is 26.2 Å². The lowest BCUT2D eigenvalue weighted by atomic mass is 10.0. The van der Waals surface area contributed by atoms with Gasteiger partial charge in [-0.15, -0.1) is 12.4 Å². The number of piperidine rings is 1. The number of rotatable bonds is 5. The number of carbonyl (C=O) groups excluding carboxylic acids is 2. The van der Waals surface area contributed by atoms with Crippen LogP contribution in [0.1, 0.15) is 23.2 Å². The van der Waals surface area contributed by atoms with Gasteiger partial charge in [-0.1, -0.05) is 0 Å². The van der Waals surface area contributed by atoms with Gasteiger partial charge in [-0.3, -0.25) is 9.59 Å². The second kappa shape index (κ2) is 9.88. The smallest absolute Gasteiger partial charge is 0.387 e. The van der Waals surface area contributed by atoms with E-state index < -0.39 is 6.61 Å². The molecule has 10 heteroatoms. The molecule has 2 amide bonds. The molecule has 2 aliphatic rings. The molecule has 2 aliphatic heterocycles. The first-order chi connectivity index (χ1) is 13.0. The highest BCUT2D eigenvalue weighted by Gasteiger charge is 2.32. The van der Waals surface area contributed by atoms with Crippen molar-refractivity contribution >= 4 is 24.2 Å². The highest BCUT2D eigenvalue weighted by atomic mass is 35.5. The lowest BCUT2D eigenvalue weighted by Crippen LogP contribution is -2.57. The molecule has 0 saturated carbocycles. The van der Waals surface area contributed by atoms with Crippen molar-refractivity contribution in [3.8, 4) is 11.5 Å². The number of alkyl halides is 2. The number of methoxy groups -OCH3 is 1. The summed E-state index contributed by atoms with van der Waals surface area (Å²) in [6.07, 6.45) is 1.63. The Morgan fingerprint density at radius 3 is 2.75 bits per heavy atom. The van der Waals surface area contributed by atoms with Crippen molar-refractivity contribution in [2.75, 3.05) is 39.8 Å². The van der Waals surface area contributed by atoms with Crippen molar-refractivity contribution in [1.29, 1.82) is 0 Å². The van der Waals surface area contributed by atoms with Crippen molar-refractivity contribution in [1.82, 2.24) is 15.1 Å². The van der Waals surface area contributed by atoms with Gasteiger partial charge in [0, 0.05) is 37.8 Å². The third kappa shape index (κ3) is 5.02. The van der Waals surface area contributed by atoms with Crippen LogP contribution in [0.25, 0.3) is 0 Å². The summed E-state index contributed by atoms with van der Waals surface area (Å²) in [7, 11) is 1.34. The standard InChI is InChI=1S/C18H23F2N3O4.ClH/c1-26-14-5-4-12(9-15(14)27-18(19)20)17(25)22-7-2-3-13(11-22)23-8-6-21-10-16(23)24;/h4-5,9,13,18,21H,2-3,6-8,10-11H2,1H3;1H. The highest BCUT2D eigenvalue weighted by molar-refractivity contribution is 5.95. The lowest BCUT2D eigenvalue weighted by molar-refractivity contribution is -0.135. The number of piperazine rings is 1. The average Bonchev–Trinajstić information content (AvgIpc) is 2.67. The Morgan fingerprint density at radius 2 is 2.07 bits per heavy atom. The number of ether oxygens (including phenoxy) is 2. The molecule has 1 aromatic carbocycles. The fourth-order valence-electron chi connectivity index (χ4n) is 3.58. The Balaban J connectivity index is 0.00000280. The number of nitrogens with one attached hydrogen (secondary N) is 1. The van der Waals surface area contributed by atoms with Crippen LogP contribution in [-0.2, 0) is 4.79 Å². The molecule has 156 valence electrons. The van der Waals surface area contributed by atoms with Crippen molar-refractivity contribution in [3.63, 3.8) is 0 Å². The van der Waals surface area contributed by atoms with Crippen LogP contribution in [0.2, 0.25) is 0 Å². The third-order valence-corrected chi connectivity index (χ3v) is 4.88. The second-order valence-corrected chi connectivity index (χ2v) is 6.56. The molecule has 1 N–H and O–H groups in total. The van der Waals surface area contributed by atoms with E-state index in [0.717, 1.165) is 19.4 Å². The summed E-state index contributed by atoms with van der Waals surface area (Å²) in [5.74, 6) is -0.277. The fourth-order valence-corrected chi connectivity index (χ4v) is 3.58. The molecule has 0 radical (unpaired) electrons. The molecule has 0 spiro atoms. The van der Waals surface area contributed by atoms with Gasteiger partial charge in [0.05, 0.1) is 13.7 Å². The van der Waals surface area contributed by atoms with Crippen molar-refractivity contribution in [2.45, 2.75) is 25.5 Å². The summed E-state index contributed by atoms with van der Waals surface area (Å²) in [5.41, 5.74) is 0.249. The van der Waals surface area contributed by atoms with E-state index in [-0.39, 0.29) is 47.3 Å². The van der Waals surface area contributed by atoms with Gasteiger partial charge in [-0.05, 0) is 31.0 Å². The SMILES string of the molecule is COc1ccc(C(=O)N2CCCC(N3CCNCC3=O)C2)cc1OC(F)F.Cl. The topological polar surface area (TPSA) is 71.1 Å². The van der Waals surface area contributed by atoms with E-state index >= 15 is 0 Å². The van der Waals surface area contributed by atoms with Crippen LogP contribution in [-0.4, -0.2) is 74.1 Å². The summed E-state index contributed by atoms with van der Waals surface area (Å²) in [4.78, 5) is 28.5. The second-order valence-electron chi connectivity index (χ2n) is 6.56. The summed E-state index contributed by atoms with van der Waals surface area (Å²) >= 11 is 0. The van der Waals surface area contributed by atoms with E-state index in [1.807, 2.05) is 4.90 Å². The number of likely N-dealkylation sites (tertiary alicyclic amines) is 1. The zero-order valence-electron chi connectivity index (χ0n) is 15.5. The van der Waals surface area contributed by atoms with Crippen molar-refractivity contribution in [2.24, 2.45) is 0 Å². The normalized spacial score (nSPS) is 20.0. The molecular weight excluding hydrogens is 396 g/mol. The van der Waals surface area contributed by atoms with Crippen LogP contribution in [0.5, 0.6) is 11.5 Å². The fraction of sp³-hybridized carbons (Fsp3) is 0.556. The number of hydrogen-bond donors (Lipinski definition) is 1. The molecule has 1 atom stereocenters. The minimum atomic E-state index is -3.01. The van der Waals surface area contributed by atoms with Gasteiger partial charge in [-0.2, -0.15) is 8.78 Å². The van der Waals surface area contributed by atoms with E-state index in [1.54, 1.807) is 4.90 Å². The predicted octanol–water partition coefficient (Wildman–Crippen LogP) is 1.75. The molecule has 1 unspecified atom stereocenters. The molecule has 2 saturated heterocycles. The maximum absolute atomic E-state index is 12.9. The number of amides is 2. The minimum Gasteiger partial charge on any atom is -0.493 e. The molecule has 3 rings (SSSR count). The molecule has 7 nitrogen and oxygen atoms in total.